The van der Waals surface area contributed by atoms with Gasteiger partial charge in [-0.05, 0) is 25.5 Å². The lowest BCUT2D eigenvalue weighted by Crippen LogP contribution is -2.34. The summed E-state index contributed by atoms with van der Waals surface area (Å²) in [7, 11) is 0. The van der Waals surface area contributed by atoms with Crippen molar-refractivity contribution in [1.82, 2.24) is 24.9 Å². The number of hydrogen-bond donors (Lipinski definition) is 2. The molecule has 33 heavy (non-hydrogen) atoms. The fourth-order valence-electron chi connectivity index (χ4n) is 3.78. The quantitative estimate of drug-likeness (QED) is 0.450. The van der Waals surface area contributed by atoms with E-state index in [1.54, 1.807) is 12.1 Å². The second-order valence-electron chi connectivity index (χ2n) is 7.73. The van der Waals surface area contributed by atoms with Crippen molar-refractivity contribution in [2.45, 2.75) is 33.5 Å². The van der Waals surface area contributed by atoms with E-state index in [-0.39, 0.29) is 29.6 Å². The van der Waals surface area contributed by atoms with Crippen molar-refractivity contribution in [3.8, 4) is 0 Å². The molecule has 2 aromatic carbocycles. The molecule has 4 aromatic rings. The monoisotopic (exact) mass is 445 g/mol. The van der Waals surface area contributed by atoms with E-state index in [1.165, 1.54) is 12.1 Å². The lowest BCUT2D eigenvalue weighted by Gasteiger charge is -2.10. The average molecular weight is 445 g/mol. The predicted molar refractivity (Wildman–Crippen MR) is 122 cm³/mol. The van der Waals surface area contributed by atoms with Gasteiger partial charge in [0.25, 0.3) is 5.56 Å². The van der Waals surface area contributed by atoms with Crippen molar-refractivity contribution in [1.29, 1.82) is 0 Å². The number of benzene rings is 2. The van der Waals surface area contributed by atoms with Crippen molar-refractivity contribution < 1.29 is 14.7 Å². The van der Waals surface area contributed by atoms with Gasteiger partial charge in [-0.3, -0.25) is 14.3 Å². The van der Waals surface area contributed by atoms with Crippen LogP contribution < -0.4 is 10.9 Å². The number of amides is 1. The van der Waals surface area contributed by atoms with Crippen LogP contribution in [-0.4, -0.2) is 36.5 Å². The summed E-state index contributed by atoms with van der Waals surface area (Å²) in [5, 5.41) is 21.2. The van der Waals surface area contributed by atoms with Gasteiger partial charge in [-0.1, -0.05) is 48.5 Å². The molecule has 0 bridgehead atoms. The van der Waals surface area contributed by atoms with E-state index in [0.29, 0.717) is 6.54 Å². The molecular formula is C24H23N5O4. The number of nitrogens with zero attached hydrogens (tertiary/aromatic N) is 4. The molecule has 0 spiro atoms. The number of aromatic nitrogens is 4. The summed E-state index contributed by atoms with van der Waals surface area (Å²) in [6, 6.07) is 16.3. The van der Waals surface area contributed by atoms with Crippen molar-refractivity contribution in [2.24, 2.45) is 0 Å². The number of hydrogen-bond acceptors (Lipinski definition) is 5. The minimum Gasteiger partial charge on any atom is -0.476 e. The number of carboxylic acids is 1. The second kappa shape index (κ2) is 9.07. The summed E-state index contributed by atoms with van der Waals surface area (Å²) in [6.07, 6.45) is 0. The highest BCUT2D eigenvalue weighted by molar-refractivity contribution is 6.01. The Hall–Kier alpha value is -4.27. The Morgan fingerprint density at radius 3 is 2.30 bits per heavy atom. The first kappa shape index (κ1) is 21.9. The van der Waals surface area contributed by atoms with Gasteiger partial charge in [-0.25, -0.2) is 9.48 Å². The number of carboxylic acid groups (broad SMARTS) is 1. The largest absolute Gasteiger partial charge is 0.476 e. The van der Waals surface area contributed by atoms with Crippen molar-refractivity contribution in [3.63, 3.8) is 0 Å². The van der Waals surface area contributed by atoms with E-state index in [0.717, 1.165) is 27.2 Å². The molecule has 0 atom stereocenters. The van der Waals surface area contributed by atoms with E-state index in [1.807, 2.05) is 48.9 Å². The van der Waals surface area contributed by atoms with E-state index < -0.39 is 17.4 Å². The molecule has 0 aliphatic carbocycles. The van der Waals surface area contributed by atoms with Crippen molar-refractivity contribution in [2.75, 3.05) is 0 Å². The van der Waals surface area contributed by atoms with Crippen LogP contribution >= 0.6 is 0 Å². The second-order valence-corrected chi connectivity index (χ2v) is 7.73. The molecular weight excluding hydrogens is 422 g/mol. The van der Waals surface area contributed by atoms with Gasteiger partial charge >= 0.3 is 5.97 Å². The minimum absolute atomic E-state index is 0.201. The third-order valence-corrected chi connectivity index (χ3v) is 5.53. The molecule has 168 valence electrons. The SMILES string of the molecule is Cc1nn(Cc2ccccc2)c(C)c1CNC(=O)Cn1nc(C(=O)O)c2ccccc2c1=O. The third kappa shape index (κ3) is 4.52. The van der Waals surface area contributed by atoms with Crippen LogP contribution in [0.1, 0.15) is 33.0 Å². The Balaban J connectivity index is 1.51. The topological polar surface area (TPSA) is 119 Å². The predicted octanol–water partition coefficient (Wildman–Crippen LogP) is 2.27. The maximum absolute atomic E-state index is 12.7. The highest BCUT2D eigenvalue weighted by Crippen LogP contribution is 2.15. The van der Waals surface area contributed by atoms with Crippen LogP contribution in [0.15, 0.2) is 59.4 Å². The standard InChI is InChI=1S/C24H23N5O4/c1-15-20(16(2)28(26-15)13-17-8-4-3-5-9-17)12-25-21(30)14-29-23(31)19-11-7-6-10-18(19)22(27-29)24(32)33/h3-11H,12-14H2,1-2H3,(H,25,30)(H,32,33). The highest BCUT2D eigenvalue weighted by atomic mass is 16.4. The molecule has 0 radical (unpaired) electrons. The number of carbonyl (C=O) groups is 2. The maximum atomic E-state index is 12.7. The van der Waals surface area contributed by atoms with Gasteiger partial charge in [-0.15, -0.1) is 0 Å². The average Bonchev–Trinajstić information content (AvgIpc) is 3.07. The molecule has 0 aliphatic heterocycles. The minimum atomic E-state index is -1.27. The summed E-state index contributed by atoms with van der Waals surface area (Å²) in [5.74, 6) is -1.72. The fraction of sp³-hybridized carbons (Fsp3) is 0.208. The molecule has 0 fully saturated rings. The van der Waals surface area contributed by atoms with Gasteiger partial charge in [0, 0.05) is 23.2 Å². The first-order valence-electron chi connectivity index (χ1n) is 10.4. The van der Waals surface area contributed by atoms with Crippen LogP contribution in [0.4, 0.5) is 0 Å². The first-order chi connectivity index (χ1) is 15.8. The van der Waals surface area contributed by atoms with Crippen molar-refractivity contribution >= 4 is 22.6 Å². The molecule has 9 nitrogen and oxygen atoms in total. The molecule has 1 amide bonds. The van der Waals surface area contributed by atoms with Crippen LogP contribution in [0.3, 0.4) is 0 Å². The van der Waals surface area contributed by atoms with Crippen molar-refractivity contribution in [3.05, 3.63) is 93.2 Å². The Labute approximate surface area is 189 Å². The maximum Gasteiger partial charge on any atom is 0.357 e. The summed E-state index contributed by atoms with van der Waals surface area (Å²) >= 11 is 0. The molecule has 0 aliphatic rings. The number of rotatable bonds is 7. The number of carbonyl (C=O) groups excluding carboxylic acids is 1. The number of aryl methyl sites for hydroxylation is 1. The molecule has 0 saturated heterocycles. The summed E-state index contributed by atoms with van der Waals surface area (Å²) in [4.78, 5) is 36.9. The van der Waals surface area contributed by atoms with Crippen LogP contribution in [0.25, 0.3) is 10.8 Å². The van der Waals surface area contributed by atoms with Gasteiger partial charge < -0.3 is 10.4 Å². The zero-order valence-corrected chi connectivity index (χ0v) is 18.3. The van der Waals surface area contributed by atoms with E-state index >= 15 is 0 Å². The van der Waals surface area contributed by atoms with E-state index in [9.17, 15) is 19.5 Å². The van der Waals surface area contributed by atoms with Crippen LogP contribution in [0, 0.1) is 13.8 Å². The molecule has 9 heteroatoms. The smallest absolute Gasteiger partial charge is 0.357 e. The molecule has 2 N–H and O–H groups in total. The fourth-order valence-corrected chi connectivity index (χ4v) is 3.78. The molecule has 0 unspecified atom stereocenters. The van der Waals surface area contributed by atoms with Gasteiger partial charge in [0.2, 0.25) is 5.91 Å². The Bertz CT molecular complexity index is 1410. The Morgan fingerprint density at radius 1 is 0.939 bits per heavy atom. The highest BCUT2D eigenvalue weighted by Gasteiger charge is 2.18. The summed E-state index contributed by atoms with van der Waals surface area (Å²) < 4.78 is 2.78. The molecule has 0 saturated carbocycles. The Kier molecular flexibility index (Phi) is 6.03. The van der Waals surface area contributed by atoms with Crippen LogP contribution in [-0.2, 0) is 24.4 Å². The Morgan fingerprint density at radius 2 is 1.61 bits per heavy atom. The van der Waals surface area contributed by atoms with Gasteiger partial charge in [0.15, 0.2) is 5.69 Å². The molecule has 2 aromatic heterocycles. The lowest BCUT2D eigenvalue weighted by molar-refractivity contribution is -0.122. The van der Waals surface area contributed by atoms with Gasteiger partial charge in [0.1, 0.15) is 6.54 Å². The van der Waals surface area contributed by atoms with E-state index in [4.69, 9.17) is 0 Å². The summed E-state index contributed by atoms with van der Waals surface area (Å²) in [5.41, 5.74) is 2.96. The molecule has 4 rings (SSSR count). The van der Waals surface area contributed by atoms with Gasteiger partial charge in [0.05, 0.1) is 17.6 Å². The zero-order chi connectivity index (χ0) is 23.5. The third-order valence-electron chi connectivity index (χ3n) is 5.53. The summed E-state index contributed by atoms with van der Waals surface area (Å²) in [6.45, 7) is 4.29. The number of fused-ring (bicyclic) bond motifs is 1. The number of nitrogens with one attached hydrogen (secondary N) is 1. The van der Waals surface area contributed by atoms with E-state index in [2.05, 4.69) is 15.5 Å². The first-order valence-corrected chi connectivity index (χ1v) is 10.4. The lowest BCUT2D eigenvalue weighted by atomic mass is 10.1. The molecule has 2 heterocycles. The van der Waals surface area contributed by atoms with Crippen LogP contribution in [0.5, 0.6) is 0 Å². The normalized spacial score (nSPS) is 11.0. The zero-order valence-electron chi connectivity index (χ0n) is 18.3. The van der Waals surface area contributed by atoms with Gasteiger partial charge in [-0.2, -0.15) is 10.2 Å². The van der Waals surface area contributed by atoms with Crippen LogP contribution in [0.2, 0.25) is 0 Å². The number of aromatic carboxylic acids is 1.